The van der Waals surface area contributed by atoms with Crippen LogP contribution in [-0.4, -0.2) is 83.5 Å². The monoisotopic (exact) mass is 654 g/mol. The van der Waals surface area contributed by atoms with Gasteiger partial charge in [-0.2, -0.15) is 0 Å². The summed E-state index contributed by atoms with van der Waals surface area (Å²) in [5.41, 5.74) is 3.21. The average molecular weight is 655 g/mol. The molecule has 0 bridgehead atoms. The number of aliphatic hydroxyl groups excluding tert-OH is 3. The Kier molecular flexibility index (Phi) is 26.1. The van der Waals surface area contributed by atoms with Crippen molar-refractivity contribution in [2.45, 2.75) is 91.9 Å². The molecular formula is C34H51N2NaO9. The Morgan fingerprint density at radius 2 is 1.57 bits per heavy atom. The molecule has 12 heteroatoms. The molecule has 252 valence electrons. The second-order valence-corrected chi connectivity index (χ2v) is 10.1. The van der Waals surface area contributed by atoms with Gasteiger partial charge in [-0.1, -0.05) is 77.8 Å². The molecular weight excluding hydrogens is 603 g/mol. The van der Waals surface area contributed by atoms with Crippen LogP contribution in [0, 0.1) is 0 Å². The summed E-state index contributed by atoms with van der Waals surface area (Å²) < 4.78 is 4.98. The molecule has 0 radical (unpaired) electrons. The third-order valence-corrected chi connectivity index (χ3v) is 6.16. The molecule has 1 saturated heterocycles. The van der Waals surface area contributed by atoms with Crippen LogP contribution < -0.4 is 45.3 Å². The van der Waals surface area contributed by atoms with Gasteiger partial charge in [0.15, 0.2) is 5.78 Å². The minimum absolute atomic E-state index is 0. The molecule has 0 saturated carbocycles. The van der Waals surface area contributed by atoms with Crippen LogP contribution in [0.3, 0.4) is 0 Å². The fraction of sp³-hybridized carbons (Fsp3) is 0.529. The first-order valence-corrected chi connectivity index (χ1v) is 15.6. The number of nitrogens with one attached hydrogen (secondary N) is 2. The molecule has 0 spiro atoms. The number of carbonyl (C=O) groups is 4. The van der Waals surface area contributed by atoms with Crippen molar-refractivity contribution in [1.29, 1.82) is 0 Å². The Morgan fingerprint density at radius 1 is 0.978 bits per heavy atom. The number of benzene rings is 2. The van der Waals surface area contributed by atoms with E-state index in [9.17, 15) is 29.4 Å². The summed E-state index contributed by atoms with van der Waals surface area (Å²) in [5, 5.41) is 41.6. The number of aliphatic hydroxyl groups is 3. The summed E-state index contributed by atoms with van der Waals surface area (Å²) in [4.78, 5) is 45.4. The number of hydrogen-bond donors (Lipinski definition) is 5. The zero-order valence-electron chi connectivity index (χ0n) is 28.4. The van der Waals surface area contributed by atoms with E-state index < -0.39 is 24.8 Å². The Morgan fingerprint density at radius 3 is 2.02 bits per heavy atom. The van der Waals surface area contributed by atoms with Gasteiger partial charge in [-0.3, -0.25) is 14.4 Å². The molecule has 3 atom stereocenters. The van der Waals surface area contributed by atoms with Gasteiger partial charge in [0.25, 0.3) is 5.91 Å². The van der Waals surface area contributed by atoms with E-state index in [2.05, 4.69) is 31.4 Å². The maximum Gasteiger partial charge on any atom is 1.00 e. The third kappa shape index (κ3) is 16.3. The van der Waals surface area contributed by atoms with Crippen molar-refractivity contribution in [1.82, 2.24) is 10.6 Å². The summed E-state index contributed by atoms with van der Waals surface area (Å²) in [7, 11) is 0. The van der Waals surface area contributed by atoms with Crippen molar-refractivity contribution in [2.75, 3.05) is 26.4 Å². The largest absolute Gasteiger partial charge is 1.00 e. The first-order chi connectivity index (χ1) is 21.5. The Hall–Kier alpha value is -2.64. The van der Waals surface area contributed by atoms with Gasteiger partial charge in [0, 0.05) is 36.8 Å². The van der Waals surface area contributed by atoms with Crippen LogP contribution in [0.5, 0.6) is 0 Å². The number of ether oxygens (including phenoxy) is 1. The van der Waals surface area contributed by atoms with E-state index in [1.54, 1.807) is 24.3 Å². The molecule has 3 unspecified atom stereocenters. The number of aliphatic carboxylic acids is 1. The zero-order valence-corrected chi connectivity index (χ0v) is 30.4. The summed E-state index contributed by atoms with van der Waals surface area (Å²) >= 11 is 0. The number of unbranched alkanes of at least 4 members (excludes halogenated alkanes) is 1. The first-order valence-electron chi connectivity index (χ1n) is 15.6. The maximum absolute atomic E-state index is 12.4. The van der Waals surface area contributed by atoms with E-state index >= 15 is 0 Å². The van der Waals surface area contributed by atoms with Crippen molar-refractivity contribution in [3.8, 4) is 11.1 Å². The number of fused-ring (bicyclic) bond motifs is 3. The maximum atomic E-state index is 12.4. The van der Waals surface area contributed by atoms with E-state index in [-0.39, 0.29) is 66.3 Å². The molecule has 2 amide bonds. The van der Waals surface area contributed by atoms with Crippen LogP contribution in [-0.2, 0) is 14.3 Å². The second kappa shape index (κ2) is 26.4. The predicted octanol–water partition coefficient (Wildman–Crippen LogP) is -0.374. The molecule has 11 nitrogen and oxygen atoms in total. The van der Waals surface area contributed by atoms with E-state index in [0.29, 0.717) is 36.1 Å². The van der Waals surface area contributed by atoms with Gasteiger partial charge < -0.3 is 40.6 Å². The summed E-state index contributed by atoms with van der Waals surface area (Å²) in [6.07, 6.45) is 2.50. The van der Waals surface area contributed by atoms with Crippen molar-refractivity contribution >= 4 is 23.6 Å². The van der Waals surface area contributed by atoms with Gasteiger partial charge in [-0.25, -0.2) is 0 Å². The molecule has 1 heterocycles. The Bertz CT molecular complexity index is 1180. The molecule has 1 fully saturated rings. The smallest absolute Gasteiger partial charge is 0.547 e. The zero-order chi connectivity index (χ0) is 34.4. The van der Waals surface area contributed by atoms with Gasteiger partial charge in [0.05, 0.1) is 37.4 Å². The fourth-order valence-electron chi connectivity index (χ4n) is 4.04. The molecule has 46 heavy (non-hydrogen) atoms. The van der Waals surface area contributed by atoms with Crippen molar-refractivity contribution in [3.05, 3.63) is 59.2 Å². The summed E-state index contributed by atoms with van der Waals surface area (Å²) in [6.45, 7) is 11.9. The Labute approximate surface area is 295 Å². The average Bonchev–Trinajstić information content (AvgIpc) is 3.33. The minimum atomic E-state index is -1.18. The molecule has 0 aromatic heterocycles. The molecule has 2 aromatic carbocycles. The first kappa shape index (κ1) is 45.5. The van der Waals surface area contributed by atoms with E-state index in [1.807, 2.05) is 32.0 Å². The molecule has 2 aromatic rings. The fourth-order valence-corrected chi connectivity index (χ4v) is 4.04. The molecule has 5 N–H and O–H groups in total. The summed E-state index contributed by atoms with van der Waals surface area (Å²) in [5.74, 6) is -1.78. The number of carbonyl (C=O) groups excluding carboxylic acids is 4. The molecule has 1 aliphatic carbocycles. The van der Waals surface area contributed by atoms with E-state index in [4.69, 9.17) is 14.9 Å². The molecule has 2 aliphatic rings. The van der Waals surface area contributed by atoms with Gasteiger partial charge in [0.2, 0.25) is 5.91 Å². The number of ketones is 1. The third-order valence-electron chi connectivity index (χ3n) is 6.16. The topological polar surface area (TPSA) is 185 Å². The number of carboxylic acids is 1. The predicted molar refractivity (Wildman–Crippen MR) is 172 cm³/mol. The van der Waals surface area contributed by atoms with Gasteiger partial charge in [-0.05, 0) is 42.5 Å². The second-order valence-electron chi connectivity index (χ2n) is 10.1. The van der Waals surface area contributed by atoms with Crippen LogP contribution in [0.15, 0.2) is 42.5 Å². The Balaban J connectivity index is 0. The van der Waals surface area contributed by atoms with Crippen molar-refractivity contribution in [2.24, 2.45) is 0 Å². The van der Waals surface area contributed by atoms with Crippen molar-refractivity contribution < 1.29 is 73.9 Å². The van der Waals surface area contributed by atoms with Crippen molar-refractivity contribution in [3.63, 3.8) is 0 Å². The van der Waals surface area contributed by atoms with Crippen LogP contribution in [0.1, 0.15) is 99.9 Å². The van der Waals surface area contributed by atoms with Crippen LogP contribution in [0.2, 0.25) is 0 Å². The van der Waals surface area contributed by atoms with Crippen LogP contribution in [0.25, 0.3) is 11.1 Å². The van der Waals surface area contributed by atoms with Gasteiger partial charge in [0.1, 0.15) is 0 Å². The van der Waals surface area contributed by atoms with Crippen LogP contribution in [0.4, 0.5) is 0 Å². The van der Waals surface area contributed by atoms with Gasteiger partial charge >= 0.3 is 29.6 Å². The number of carboxylic acid groups (broad SMARTS) is 1. The number of amides is 2. The molecule has 1 aliphatic heterocycles. The molecule has 4 rings (SSSR count). The van der Waals surface area contributed by atoms with Gasteiger partial charge in [-0.15, -0.1) is 0 Å². The number of rotatable bonds is 8. The summed E-state index contributed by atoms with van der Waals surface area (Å²) in [6, 6.07) is 12.3. The standard InChI is InChI=1S/C17H15NO4.C8H13NO4.C4H10O.C3H8.C2H6.Na/c19-9-11(20)8-18-17(22)10-5-6-13-12-3-1-2-4-14(12)16(21)15(13)7-10;1-5(10)9-6-2-3-7(8(11)12)13-4-6;1-2-3-4-5;1-3-2;1-2;/h1-7,11,19-20H,8-9H2,(H,18,22);6-7H,2-4H2,1H3,(H,9,10)(H,11,12);5H,2-4H2,1H3;3H2,1-2H3;1-2H3;/q;;;;;+1/p-1. The number of hydrogen-bond acceptors (Lipinski definition) is 9. The minimum Gasteiger partial charge on any atom is -0.547 e. The quantitative estimate of drug-likeness (QED) is 0.202. The normalized spacial score (nSPS) is 15.8. The van der Waals surface area contributed by atoms with E-state index in [0.717, 1.165) is 24.0 Å². The van der Waals surface area contributed by atoms with Crippen LogP contribution >= 0.6 is 0 Å². The van der Waals surface area contributed by atoms with E-state index in [1.165, 1.54) is 13.3 Å². The SMILES string of the molecule is CC.CC(=O)NC1CCC(C(=O)[O-])OC1.CCC.CCCCO.O=C(NCC(O)CO)c1ccc2c(c1)C(=O)c1ccccc1-2.[Na+].